The lowest BCUT2D eigenvalue weighted by atomic mass is 10.1. The molecule has 0 aliphatic rings. The second-order valence-corrected chi connectivity index (χ2v) is 7.05. The number of methoxy groups -OCH3 is 1. The van der Waals surface area contributed by atoms with E-state index in [0.717, 1.165) is 16.9 Å². The first-order chi connectivity index (χ1) is 14.2. The van der Waals surface area contributed by atoms with Crippen LogP contribution >= 0.6 is 11.5 Å². The fourth-order valence-corrected chi connectivity index (χ4v) is 3.45. The summed E-state index contributed by atoms with van der Waals surface area (Å²) in [4.78, 5) is 23.8. The summed E-state index contributed by atoms with van der Waals surface area (Å²) in [6, 6.07) is 17.8. The molecule has 0 atom stereocenters. The molecule has 3 aromatic rings. The lowest BCUT2D eigenvalue weighted by molar-refractivity contribution is -0.131. The molecule has 0 aliphatic heterocycles. The molecule has 0 fully saturated rings. The summed E-state index contributed by atoms with van der Waals surface area (Å²) in [7, 11) is 1.65. The number of carbonyl (C=O) groups excluding carboxylic acids is 1. The summed E-state index contributed by atoms with van der Waals surface area (Å²) in [5.41, 5.74) is 4.59. The summed E-state index contributed by atoms with van der Waals surface area (Å²) in [5, 5.41) is 0.693. The Balaban J connectivity index is 1.75. The van der Waals surface area contributed by atoms with Gasteiger partial charge in [-0.15, -0.1) is 0 Å². The predicted molar refractivity (Wildman–Crippen MR) is 113 cm³/mol. The van der Waals surface area contributed by atoms with Gasteiger partial charge >= 0.3 is 0 Å². The molecule has 0 saturated heterocycles. The van der Waals surface area contributed by atoms with Crippen molar-refractivity contribution < 1.29 is 14.4 Å². The number of rotatable bonds is 10. The van der Waals surface area contributed by atoms with Crippen LogP contribution in [0.4, 0.5) is 5.13 Å². The van der Waals surface area contributed by atoms with Gasteiger partial charge < -0.3 is 9.64 Å². The molecule has 1 aromatic heterocycles. The average Bonchev–Trinajstić information content (AvgIpc) is 3.21. The standard InChI is InChI=1S/C21H24N4O3S/c1-3-28-23-20(26)15-25(14-16-8-5-4-6-9-16)21-22-19(24-29-21)13-17-10-7-11-18(12-17)27-2/h4-12H,3,13-15H2,1-2H3,(H,23,26). The van der Waals surface area contributed by atoms with Gasteiger partial charge in [-0.2, -0.15) is 4.37 Å². The molecular weight excluding hydrogens is 388 g/mol. The Bertz CT molecular complexity index is 917. The molecule has 3 rings (SSSR count). The number of hydrogen-bond donors (Lipinski definition) is 1. The second kappa shape index (κ2) is 10.5. The van der Waals surface area contributed by atoms with E-state index in [-0.39, 0.29) is 12.5 Å². The fourth-order valence-electron chi connectivity index (χ4n) is 2.76. The van der Waals surface area contributed by atoms with E-state index in [9.17, 15) is 4.79 Å². The molecule has 0 bridgehead atoms. The number of ether oxygens (including phenoxy) is 1. The van der Waals surface area contributed by atoms with Gasteiger partial charge in [0.15, 0.2) is 0 Å². The average molecular weight is 413 g/mol. The van der Waals surface area contributed by atoms with E-state index in [1.807, 2.05) is 66.4 Å². The van der Waals surface area contributed by atoms with Crippen molar-refractivity contribution in [2.24, 2.45) is 0 Å². The molecule has 1 heterocycles. The van der Waals surface area contributed by atoms with E-state index >= 15 is 0 Å². The number of anilines is 1. The minimum absolute atomic E-state index is 0.128. The van der Waals surface area contributed by atoms with E-state index < -0.39 is 0 Å². The largest absolute Gasteiger partial charge is 0.497 e. The van der Waals surface area contributed by atoms with Crippen LogP contribution < -0.4 is 15.1 Å². The highest BCUT2D eigenvalue weighted by Crippen LogP contribution is 2.22. The molecule has 0 aliphatic carbocycles. The molecule has 0 saturated carbocycles. The predicted octanol–water partition coefficient (Wildman–Crippen LogP) is 3.21. The molecule has 152 valence electrons. The van der Waals surface area contributed by atoms with Crippen molar-refractivity contribution in [3.8, 4) is 5.75 Å². The van der Waals surface area contributed by atoms with Crippen molar-refractivity contribution in [1.29, 1.82) is 0 Å². The number of hydrogen-bond acceptors (Lipinski definition) is 7. The topological polar surface area (TPSA) is 76.6 Å². The summed E-state index contributed by atoms with van der Waals surface area (Å²) < 4.78 is 9.76. The number of carbonyl (C=O) groups is 1. The van der Waals surface area contributed by atoms with E-state index in [1.54, 1.807) is 7.11 Å². The zero-order chi connectivity index (χ0) is 20.5. The Hall–Kier alpha value is -2.97. The van der Waals surface area contributed by atoms with Gasteiger partial charge in [0.25, 0.3) is 5.91 Å². The van der Waals surface area contributed by atoms with Gasteiger partial charge in [0.2, 0.25) is 5.13 Å². The number of aromatic nitrogens is 2. The van der Waals surface area contributed by atoms with Gasteiger partial charge in [0.05, 0.1) is 13.7 Å². The Labute approximate surface area is 174 Å². The summed E-state index contributed by atoms with van der Waals surface area (Å²) >= 11 is 1.28. The van der Waals surface area contributed by atoms with Crippen molar-refractivity contribution in [3.05, 3.63) is 71.5 Å². The molecule has 0 spiro atoms. The summed E-state index contributed by atoms with van der Waals surface area (Å²) in [6.45, 7) is 2.91. The molecule has 29 heavy (non-hydrogen) atoms. The molecular formula is C21H24N4O3S. The van der Waals surface area contributed by atoms with Crippen molar-refractivity contribution >= 4 is 22.6 Å². The van der Waals surface area contributed by atoms with E-state index in [4.69, 9.17) is 9.57 Å². The van der Waals surface area contributed by atoms with Gasteiger partial charge in [-0.25, -0.2) is 10.5 Å². The summed E-state index contributed by atoms with van der Waals surface area (Å²) in [5.74, 6) is 1.28. The first kappa shape index (κ1) is 20.8. The Morgan fingerprint density at radius 3 is 2.69 bits per heavy atom. The number of benzene rings is 2. The highest BCUT2D eigenvalue weighted by Gasteiger charge is 2.17. The zero-order valence-corrected chi connectivity index (χ0v) is 17.3. The van der Waals surface area contributed by atoms with Crippen LogP contribution in [0.25, 0.3) is 0 Å². The highest BCUT2D eigenvalue weighted by atomic mass is 32.1. The lowest BCUT2D eigenvalue weighted by Gasteiger charge is -2.20. The molecule has 0 radical (unpaired) electrons. The number of nitrogens with one attached hydrogen (secondary N) is 1. The number of hydroxylamine groups is 1. The smallest absolute Gasteiger partial charge is 0.263 e. The summed E-state index contributed by atoms with van der Waals surface area (Å²) in [6.07, 6.45) is 0.595. The lowest BCUT2D eigenvalue weighted by Crippen LogP contribution is -2.37. The number of amides is 1. The van der Waals surface area contributed by atoms with Crippen LogP contribution in [0.2, 0.25) is 0 Å². The van der Waals surface area contributed by atoms with Crippen molar-refractivity contribution in [3.63, 3.8) is 0 Å². The van der Waals surface area contributed by atoms with Crippen LogP contribution in [0.15, 0.2) is 54.6 Å². The van der Waals surface area contributed by atoms with Gasteiger partial charge in [0, 0.05) is 24.5 Å². The third-order valence-corrected chi connectivity index (χ3v) is 4.92. The van der Waals surface area contributed by atoms with Crippen LogP contribution in [0.5, 0.6) is 5.75 Å². The maximum absolute atomic E-state index is 12.2. The molecule has 7 nitrogen and oxygen atoms in total. The Morgan fingerprint density at radius 2 is 1.93 bits per heavy atom. The molecule has 2 aromatic carbocycles. The van der Waals surface area contributed by atoms with Crippen LogP contribution in [-0.2, 0) is 22.6 Å². The third-order valence-electron chi connectivity index (χ3n) is 4.11. The molecule has 8 heteroatoms. The number of nitrogens with zero attached hydrogens (tertiary/aromatic N) is 3. The maximum atomic E-state index is 12.2. The maximum Gasteiger partial charge on any atom is 0.263 e. The first-order valence-corrected chi connectivity index (χ1v) is 10.1. The monoisotopic (exact) mass is 412 g/mol. The molecule has 0 unspecified atom stereocenters. The Kier molecular flexibility index (Phi) is 7.54. The fraction of sp³-hybridized carbons (Fsp3) is 0.286. The van der Waals surface area contributed by atoms with E-state index in [0.29, 0.717) is 30.5 Å². The minimum Gasteiger partial charge on any atom is -0.497 e. The van der Waals surface area contributed by atoms with Gasteiger partial charge in [0.1, 0.15) is 18.1 Å². The molecule has 1 amide bonds. The first-order valence-electron chi connectivity index (χ1n) is 9.33. The van der Waals surface area contributed by atoms with Crippen molar-refractivity contribution in [2.75, 3.05) is 25.2 Å². The third kappa shape index (κ3) is 6.27. The minimum atomic E-state index is -0.229. The van der Waals surface area contributed by atoms with E-state index in [2.05, 4.69) is 14.8 Å². The van der Waals surface area contributed by atoms with Crippen LogP contribution in [0.1, 0.15) is 23.9 Å². The second-order valence-electron chi connectivity index (χ2n) is 6.32. The molecule has 1 N–H and O–H groups in total. The van der Waals surface area contributed by atoms with Crippen molar-refractivity contribution in [2.45, 2.75) is 19.9 Å². The highest BCUT2D eigenvalue weighted by molar-refractivity contribution is 7.09. The van der Waals surface area contributed by atoms with E-state index in [1.165, 1.54) is 11.5 Å². The SMILES string of the molecule is CCONC(=O)CN(Cc1ccccc1)c1nc(Cc2cccc(OC)c2)ns1. The van der Waals surface area contributed by atoms with Gasteiger partial charge in [-0.05, 0) is 30.2 Å². The van der Waals surface area contributed by atoms with Crippen LogP contribution in [0, 0.1) is 0 Å². The van der Waals surface area contributed by atoms with Crippen LogP contribution in [0.3, 0.4) is 0 Å². The quantitative estimate of drug-likeness (QED) is 0.515. The normalized spacial score (nSPS) is 10.6. The van der Waals surface area contributed by atoms with Crippen molar-refractivity contribution in [1.82, 2.24) is 14.8 Å². The zero-order valence-electron chi connectivity index (χ0n) is 16.5. The Morgan fingerprint density at radius 1 is 1.14 bits per heavy atom. The van der Waals surface area contributed by atoms with Crippen LogP contribution in [-0.4, -0.2) is 35.5 Å². The van der Waals surface area contributed by atoms with Gasteiger partial charge in [-0.3, -0.25) is 9.63 Å². The van der Waals surface area contributed by atoms with Gasteiger partial charge in [-0.1, -0.05) is 42.5 Å².